The second-order valence-corrected chi connectivity index (χ2v) is 13.0. The van der Waals surface area contributed by atoms with Crippen molar-refractivity contribution in [2.45, 2.75) is 11.0 Å². The normalized spacial score (nSPS) is 14.9. The van der Waals surface area contributed by atoms with Gasteiger partial charge in [-0.2, -0.15) is 0 Å². The molecule has 3 heteroatoms. The fraction of sp³-hybridized carbons (Fsp3) is 0.0455. The molecule has 0 unspecified atom stereocenters. The number of fused-ring (bicyclic) bond motifs is 12. The second-order valence-electron chi connectivity index (χ2n) is 12.6. The Bertz CT molecular complexity index is 2480. The van der Waals surface area contributed by atoms with Gasteiger partial charge >= 0.3 is 0 Å². The highest BCUT2D eigenvalue weighted by atomic mass is 35.5. The molecular weight excluding hydrogens is 596 g/mol. The van der Waals surface area contributed by atoms with Crippen molar-refractivity contribution in [3.05, 3.63) is 202 Å². The van der Waals surface area contributed by atoms with Crippen LogP contribution in [0.3, 0.4) is 0 Å². The first kappa shape index (κ1) is 26.8. The monoisotopic (exact) mass is 622 g/mol. The average molecular weight is 623 g/mol. The lowest BCUT2D eigenvalue weighted by atomic mass is 9.56. The van der Waals surface area contributed by atoms with E-state index >= 15 is 0 Å². The minimum absolute atomic E-state index is 0.563. The molecule has 2 aliphatic rings. The number of aliphatic hydroxyl groups is 1. The Kier molecular flexibility index (Phi) is 5.44. The molecule has 8 aromatic rings. The van der Waals surface area contributed by atoms with E-state index < -0.39 is 11.0 Å². The fourth-order valence-electron chi connectivity index (χ4n) is 8.70. The van der Waals surface area contributed by atoms with Crippen LogP contribution in [0.25, 0.3) is 44.2 Å². The van der Waals surface area contributed by atoms with Gasteiger partial charge in [-0.25, -0.2) is 0 Å². The van der Waals surface area contributed by atoms with Gasteiger partial charge in [-0.05, 0) is 79.9 Å². The lowest BCUT2D eigenvalue weighted by Crippen LogP contribution is -2.44. The quantitative estimate of drug-likeness (QED) is 0.208. The highest BCUT2D eigenvalue weighted by Crippen LogP contribution is 2.63. The van der Waals surface area contributed by atoms with Gasteiger partial charge in [-0.1, -0.05) is 145 Å². The van der Waals surface area contributed by atoms with Gasteiger partial charge in [0.1, 0.15) is 16.8 Å². The second kappa shape index (κ2) is 9.56. The maximum absolute atomic E-state index is 13.7. The first-order valence-corrected chi connectivity index (χ1v) is 16.3. The van der Waals surface area contributed by atoms with Crippen LogP contribution in [-0.4, -0.2) is 5.11 Å². The standard InChI is InChI=1S/C44H27ClO2/c45-27-24-25-30(31-15-11-23-41-42(31)32-14-3-10-22-40(32)47-41)39(26-27)44(46)37-20-8-6-18-35(37)43(36-19-7-9-21-38(36)44)33-16-4-1-12-28(33)29-13-2-5-17-34(29)43/h1-26,46H. The fourth-order valence-corrected chi connectivity index (χ4v) is 8.87. The number of rotatable bonds is 2. The number of halogens is 1. The minimum atomic E-state index is -1.52. The Hall–Kier alpha value is -5.41. The molecule has 0 fully saturated rings. The highest BCUT2D eigenvalue weighted by molar-refractivity contribution is 6.30. The van der Waals surface area contributed by atoms with Crippen LogP contribution in [0.15, 0.2) is 162 Å². The van der Waals surface area contributed by atoms with E-state index in [-0.39, 0.29) is 0 Å². The summed E-state index contributed by atoms with van der Waals surface area (Å²) in [5, 5.41) is 16.3. The molecule has 0 saturated carbocycles. The molecule has 1 N–H and O–H groups in total. The molecule has 1 aromatic heterocycles. The minimum Gasteiger partial charge on any atom is -0.456 e. The van der Waals surface area contributed by atoms with E-state index in [2.05, 4.69) is 97.1 Å². The molecule has 7 aromatic carbocycles. The molecule has 0 radical (unpaired) electrons. The lowest BCUT2D eigenvalue weighted by Gasteiger charge is -2.47. The van der Waals surface area contributed by atoms with Crippen molar-refractivity contribution in [2.24, 2.45) is 0 Å². The van der Waals surface area contributed by atoms with Gasteiger partial charge in [0.15, 0.2) is 0 Å². The predicted octanol–water partition coefficient (Wildman–Crippen LogP) is 10.9. The molecule has 0 amide bonds. The van der Waals surface area contributed by atoms with Crippen LogP contribution in [0, 0.1) is 0 Å². The van der Waals surface area contributed by atoms with Crippen molar-refractivity contribution >= 4 is 33.5 Å². The number of furan rings is 1. The van der Waals surface area contributed by atoms with Crippen molar-refractivity contribution in [3.63, 3.8) is 0 Å². The van der Waals surface area contributed by atoms with E-state index in [4.69, 9.17) is 16.0 Å². The van der Waals surface area contributed by atoms with Crippen LogP contribution in [0.1, 0.15) is 38.9 Å². The SMILES string of the molecule is OC1(c2cc(Cl)ccc2-c2cccc3oc4ccccc4c23)c2ccccc2C2(c3ccccc3-c3ccccc32)c2ccccc21. The van der Waals surface area contributed by atoms with E-state index in [1.165, 1.54) is 22.3 Å². The smallest absolute Gasteiger partial charge is 0.141 e. The summed E-state index contributed by atoms with van der Waals surface area (Å²) >= 11 is 6.86. The van der Waals surface area contributed by atoms with Gasteiger partial charge in [0.05, 0.1) is 5.41 Å². The summed E-state index contributed by atoms with van der Waals surface area (Å²) in [6.07, 6.45) is 0. The van der Waals surface area contributed by atoms with Gasteiger partial charge in [0, 0.05) is 21.4 Å². The van der Waals surface area contributed by atoms with Crippen molar-refractivity contribution in [1.82, 2.24) is 0 Å². The van der Waals surface area contributed by atoms with Crippen molar-refractivity contribution in [1.29, 1.82) is 0 Å². The molecular formula is C44H27ClO2. The van der Waals surface area contributed by atoms with Crippen LogP contribution < -0.4 is 0 Å². The van der Waals surface area contributed by atoms with Crippen LogP contribution in [0.4, 0.5) is 0 Å². The third kappa shape index (κ3) is 3.34. The number of hydrogen-bond acceptors (Lipinski definition) is 2. The zero-order valence-corrected chi connectivity index (χ0v) is 26.0. The van der Waals surface area contributed by atoms with Crippen molar-refractivity contribution in [2.75, 3.05) is 0 Å². The number of hydrogen-bond donors (Lipinski definition) is 1. The van der Waals surface area contributed by atoms with Gasteiger partial charge in [0.25, 0.3) is 0 Å². The summed E-state index contributed by atoms with van der Waals surface area (Å²) in [4.78, 5) is 0. The van der Waals surface area contributed by atoms with E-state index in [0.717, 1.165) is 60.9 Å². The Balaban J connectivity index is 1.34. The topological polar surface area (TPSA) is 33.4 Å². The average Bonchev–Trinajstić information content (AvgIpc) is 3.65. The zero-order chi connectivity index (χ0) is 31.3. The van der Waals surface area contributed by atoms with Crippen LogP contribution in [0.5, 0.6) is 0 Å². The first-order chi connectivity index (χ1) is 23.1. The molecule has 1 heterocycles. The maximum atomic E-state index is 13.7. The summed E-state index contributed by atoms with van der Waals surface area (Å²) in [5.74, 6) is 0. The molecule has 0 bridgehead atoms. The van der Waals surface area contributed by atoms with E-state index in [9.17, 15) is 5.11 Å². The van der Waals surface area contributed by atoms with E-state index in [1.54, 1.807) is 0 Å². The highest BCUT2D eigenvalue weighted by Gasteiger charge is 2.56. The maximum Gasteiger partial charge on any atom is 0.141 e. The third-order valence-electron chi connectivity index (χ3n) is 10.5. The lowest BCUT2D eigenvalue weighted by molar-refractivity contribution is 0.119. The molecule has 0 atom stereocenters. The van der Waals surface area contributed by atoms with Crippen LogP contribution in [0.2, 0.25) is 5.02 Å². The number of benzene rings is 7. The van der Waals surface area contributed by atoms with Gasteiger partial charge in [0.2, 0.25) is 0 Å². The van der Waals surface area contributed by atoms with Crippen molar-refractivity contribution in [3.8, 4) is 22.3 Å². The Morgan fingerprint density at radius 3 is 1.57 bits per heavy atom. The van der Waals surface area contributed by atoms with Gasteiger partial charge in [-0.3, -0.25) is 0 Å². The predicted molar refractivity (Wildman–Crippen MR) is 190 cm³/mol. The summed E-state index contributed by atoms with van der Waals surface area (Å²) < 4.78 is 6.30. The molecule has 0 saturated heterocycles. The zero-order valence-electron chi connectivity index (χ0n) is 25.2. The van der Waals surface area contributed by atoms with Gasteiger partial charge in [-0.15, -0.1) is 0 Å². The Labute approximate surface area is 277 Å². The van der Waals surface area contributed by atoms with Crippen LogP contribution in [-0.2, 0) is 11.0 Å². The molecule has 10 rings (SSSR count). The van der Waals surface area contributed by atoms with E-state index in [0.29, 0.717) is 5.02 Å². The molecule has 222 valence electrons. The largest absolute Gasteiger partial charge is 0.456 e. The molecule has 2 nitrogen and oxygen atoms in total. The third-order valence-corrected chi connectivity index (χ3v) is 10.7. The molecule has 47 heavy (non-hydrogen) atoms. The molecule has 2 aliphatic carbocycles. The summed E-state index contributed by atoms with van der Waals surface area (Å²) in [7, 11) is 0. The number of para-hydroxylation sites is 1. The van der Waals surface area contributed by atoms with Gasteiger partial charge < -0.3 is 9.52 Å². The van der Waals surface area contributed by atoms with E-state index in [1.807, 2.05) is 60.7 Å². The Morgan fingerprint density at radius 1 is 0.426 bits per heavy atom. The summed E-state index contributed by atoms with van der Waals surface area (Å²) in [6.45, 7) is 0. The molecule has 0 aliphatic heterocycles. The van der Waals surface area contributed by atoms with Crippen molar-refractivity contribution < 1.29 is 9.52 Å². The summed E-state index contributed by atoms with van der Waals surface area (Å²) in [6, 6.07) is 54.4. The first-order valence-electron chi connectivity index (χ1n) is 15.9. The summed E-state index contributed by atoms with van der Waals surface area (Å²) in [5.41, 5.74) is 10.9. The molecule has 1 spiro atoms. The Morgan fingerprint density at radius 2 is 0.915 bits per heavy atom. The van der Waals surface area contributed by atoms with Crippen LogP contribution >= 0.6 is 11.6 Å².